The Hall–Kier alpha value is -1.52. The number of urea groups is 1. The number of nitrogens with zero attached hydrogens (tertiary/aromatic N) is 1. The topological polar surface area (TPSA) is 67.2 Å². The molecule has 2 amide bonds. The van der Waals surface area contributed by atoms with Crippen LogP contribution in [0.3, 0.4) is 0 Å². The number of carbonyl (C=O) groups is 1. The zero-order valence-corrected chi connectivity index (χ0v) is 8.46. The Kier molecular flexibility index (Phi) is 3.97. The minimum absolute atomic E-state index is 0.174. The standard InChI is InChI=1S/C9H15N3O2/c1-3-4-10-9(13)11-6-8-5-7(2)14-12-8/h5H,3-4,6H2,1-2H3,(H2,10,11,13). The van der Waals surface area contributed by atoms with Gasteiger partial charge in [0.25, 0.3) is 0 Å². The van der Waals surface area contributed by atoms with Gasteiger partial charge in [0.05, 0.1) is 6.54 Å². The molecule has 0 atom stereocenters. The molecule has 0 aliphatic rings. The van der Waals surface area contributed by atoms with Crippen molar-refractivity contribution in [2.45, 2.75) is 26.8 Å². The molecule has 78 valence electrons. The van der Waals surface area contributed by atoms with Gasteiger partial charge in [-0.2, -0.15) is 0 Å². The third kappa shape index (κ3) is 3.47. The van der Waals surface area contributed by atoms with Gasteiger partial charge >= 0.3 is 6.03 Å². The van der Waals surface area contributed by atoms with Gasteiger partial charge in [-0.3, -0.25) is 0 Å². The van der Waals surface area contributed by atoms with Crippen LogP contribution in [-0.4, -0.2) is 17.7 Å². The number of aryl methyl sites for hydroxylation is 1. The summed E-state index contributed by atoms with van der Waals surface area (Å²) in [7, 11) is 0. The monoisotopic (exact) mass is 197 g/mol. The van der Waals surface area contributed by atoms with E-state index in [1.165, 1.54) is 0 Å². The molecule has 0 aliphatic heterocycles. The lowest BCUT2D eigenvalue weighted by atomic mass is 10.4. The molecule has 0 saturated carbocycles. The third-order valence-electron chi connectivity index (χ3n) is 1.64. The zero-order chi connectivity index (χ0) is 10.4. The van der Waals surface area contributed by atoms with Crippen molar-refractivity contribution in [3.05, 3.63) is 17.5 Å². The van der Waals surface area contributed by atoms with Gasteiger partial charge in [0.15, 0.2) is 0 Å². The molecule has 0 aliphatic carbocycles. The maximum absolute atomic E-state index is 11.1. The van der Waals surface area contributed by atoms with Crippen molar-refractivity contribution in [1.82, 2.24) is 15.8 Å². The van der Waals surface area contributed by atoms with Crippen LogP contribution < -0.4 is 10.6 Å². The number of hydrogen-bond acceptors (Lipinski definition) is 3. The number of hydrogen-bond donors (Lipinski definition) is 2. The average Bonchev–Trinajstić information content (AvgIpc) is 2.58. The molecule has 1 aromatic rings. The quantitative estimate of drug-likeness (QED) is 0.762. The van der Waals surface area contributed by atoms with E-state index in [0.29, 0.717) is 13.1 Å². The minimum atomic E-state index is -0.174. The summed E-state index contributed by atoms with van der Waals surface area (Å²) < 4.78 is 4.86. The van der Waals surface area contributed by atoms with Crippen molar-refractivity contribution in [1.29, 1.82) is 0 Å². The van der Waals surface area contributed by atoms with Gasteiger partial charge in [-0.15, -0.1) is 0 Å². The summed E-state index contributed by atoms with van der Waals surface area (Å²) in [5.74, 6) is 0.746. The summed E-state index contributed by atoms with van der Waals surface area (Å²) >= 11 is 0. The first-order chi connectivity index (χ1) is 6.72. The van der Waals surface area contributed by atoms with E-state index in [1.807, 2.05) is 13.8 Å². The van der Waals surface area contributed by atoms with E-state index in [9.17, 15) is 4.79 Å². The van der Waals surface area contributed by atoms with Crippen LogP contribution in [0.1, 0.15) is 24.8 Å². The van der Waals surface area contributed by atoms with Crippen LogP contribution in [-0.2, 0) is 6.54 Å². The number of amides is 2. The van der Waals surface area contributed by atoms with Gasteiger partial charge in [0.1, 0.15) is 11.5 Å². The molecule has 0 unspecified atom stereocenters. The normalized spacial score (nSPS) is 9.86. The lowest BCUT2D eigenvalue weighted by Crippen LogP contribution is -2.35. The molecule has 0 saturated heterocycles. The Balaban J connectivity index is 2.23. The van der Waals surface area contributed by atoms with E-state index in [4.69, 9.17) is 4.52 Å². The molecule has 2 N–H and O–H groups in total. The summed E-state index contributed by atoms with van der Waals surface area (Å²) in [6.45, 7) is 4.89. The largest absolute Gasteiger partial charge is 0.361 e. The van der Waals surface area contributed by atoms with Gasteiger partial charge in [-0.1, -0.05) is 12.1 Å². The fourth-order valence-corrected chi connectivity index (χ4v) is 0.973. The molecule has 0 bridgehead atoms. The van der Waals surface area contributed by atoms with Crippen LogP contribution in [0.5, 0.6) is 0 Å². The summed E-state index contributed by atoms with van der Waals surface area (Å²) in [6.07, 6.45) is 0.927. The molecule has 5 nitrogen and oxygen atoms in total. The molecule has 0 fully saturated rings. The van der Waals surface area contributed by atoms with Crippen molar-refractivity contribution >= 4 is 6.03 Å². The van der Waals surface area contributed by atoms with Crippen molar-refractivity contribution in [2.24, 2.45) is 0 Å². The lowest BCUT2D eigenvalue weighted by molar-refractivity contribution is 0.240. The Morgan fingerprint density at radius 2 is 2.36 bits per heavy atom. The van der Waals surface area contributed by atoms with Crippen LogP contribution in [0.25, 0.3) is 0 Å². The molecule has 1 rings (SSSR count). The second kappa shape index (κ2) is 5.26. The molecular formula is C9H15N3O2. The predicted molar refractivity (Wildman–Crippen MR) is 51.8 cm³/mol. The first-order valence-electron chi connectivity index (χ1n) is 4.66. The van der Waals surface area contributed by atoms with Crippen LogP contribution in [0.2, 0.25) is 0 Å². The van der Waals surface area contributed by atoms with Crippen molar-refractivity contribution < 1.29 is 9.32 Å². The molecule has 0 aromatic carbocycles. The Labute approximate surface area is 82.8 Å². The zero-order valence-electron chi connectivity index (χ0n) is 8.46. The molecular weight excluding hydrogens is 182 g/mol. The first kappa shape index (κ1) is 10.6. The van der Waals surface area contributed by atoms with Crippen molar-refractivity contribution in [3.63, 3.8) is 0 Å². The number of nitrogens with one attached hydrogen (secondary N) is 2. The summed E-state index contributed by atoms with van der Waals surface area (Å²) in [5.41, 5.74) is 0.731. The Morgan fingerprint density at radius 1 is 1.57 bits per heavy atom. The van der Waals surface area contributed by atoms with E-state index in [2.05, 4.69) is 15.8 Å². The smallest absolute Gasteiger partial charge is 0.315 e. The van der Waals surface area contributed by atoms with Crippen LogP contribution >= 0.6 is 0 Å². The van der Waals surface area contributed by atoms with E-state index >= 15 is 0 Å². The molecule has 1 heterocycles. The third-order valence-corrected chi connectivity index (χ3v) is 1.64. The van der Waals surface area contributed by atoms with Crippen molar-refractivity contribution in [2.75, 3.05) is 6.54 Å². The first-order valence-corrected chi connectivity index (χ1v) is 4.66. The second-order valence-electron chi connectivity index (χ2n) is 3.04. The highest BCUT2D eigenvalue weighted by Crippen LogP contribution is 2.00. The number of aromatic nitrogens is 1. The molecule has 0 radical (unpaired) electrons. The molecule has 1 aromatic heterocycles. The minimum Gasteiger partial charge on any atom is -0.361 e. The van der Waals surface area contributed by atoms with Gasteiger partial charge in [0.2, 0.25) is 0 Å². The second-order valence-corrected chi connectivity index (χ2v) is 3.04. The molecule has 14 heavy (non-hydrogen) atoms. The molecule has 5 heteroatoms. The van der Waals surface area contributed by atoms with E-state index in [0.717, 1.165) is 17.9 Å². The van der Waals surface area contributed by atoms with E-state index in [1.54, 1.807) is 6.07 Å². The molecule has 0 spiro atoms. The highest BCUT2D eigenvalue weighted by Gasteiger charge is 2.02. The SMILES string of the molecule is CCCNC(=O)NCc1cc(C)on1. The highest BCUT2D eigenvalue weighted by molar-refractivity contribution is 5.73. The van der Waals surface area contributed by atoms with E-state index < -0.39 is 0 Å². The lowest BCUT2D eigenvalue weighted by Gasteiger charge is -2.03. The van der Waals surface area contributed by atoms with Gasteiger partial charge in [-0.05, 0) is 13.3 Å². The van der Waals surface area contributed by atoms with Gasteiger partial charge < -0.3 is 15.2 Å². The highest BCUT2D eigenvalue weighted by atomic mass is 16.5. The predicted octanol–water partition coefficient (Wildman–Crippen LogP) is 1.19. The van der Waals surface area contributed by atoms with Crippen LogP contribution in [0.15, 0.2) is 10.6 Å². The van der Waals surface area contributed by atoms with Gasteiger partial charge in [-0.25, -0.2) is 4.79 Å². The number of rotatable bonds is 4. The number of carbonyl (C=O) groups excluding carboxylic acids is 1. The Bertz CT molecular complexity index is 296. The van der Waals surface area contributed by atoms with Gasteiger partial charge in [0, 0.05) is 12.6 Å². The maximum atomic E-state index is 11.1. The van der Waals surface area contributed by atoms with Crippen LogP contribution in [0, 0.1) is 6.92 Å². The Morgan fingerprint density at radius 3 is 2.93 bits per heavy atom. The summed E-state index contributed by atoms with van der Waals surface area (Å²) in [6, 6.07) is 1.62. The van der Waals surface area contributed by atoms with Crippen molar-refractivity contribution in [3.8, 4) is 0 Å². The van der Waals surface area contributed by atoms with E-state index in [-0.39, 0.29) is 6.03 Å². The average molecular weight is 197 g/mol. The fraction of sp³-hybridized carbons (Fsp3) is 0.556. The van der Waals surface area contributed by atoms with Crippen LogP contribution in [0.4, 0.5) is 4.79 Å². The summed E-state index contributed by atoms with van der Waals surface area (Å²) in [4.78, 5) is 11.1. The summed E-state index contributed by atoms with van der Waals surface area (Å²) in [5, 5.41) is 9.13. The maximum Gasteiger partial charge on any atom is 0.315 e. The fourth-order valence-electron chi connectivity index (χ4n) is 0.973.